The number of halogens is 2. The Morgan fingerprint density at radius 2 is 1.29 bits per heavy atom. The summed E-state index contributed by atoms with van der Waals surface area (Å²) in [4.78, 5) is 53.9. The van der Waals surface area contributed by atoms with Crippen molar-refractivity contribution in [1.29, 1.82) is 0 Å². The Morgan fingerprint density at radius 3 is 1.84 bits per heavy atom. The van der Waals surface area contributed by atoms with Gasteiger partial charge < -0.3 is 29.6 Å². The standard InChI is InChI=1S/C43H52Cl2N8O5/c1-50-35-18-20-52(22-25-10-12-26(13-11-25)43(57)58-3)23-33(35)46-39(50)41(55)48-31-8-4-6-29(37(31)44)30-7-5-9-32(38(30)45)49-42(56)40-47-34-24-53(21-19-36(34)51(40)2)27-14-16-28(54)17-15-27/h4-9,25-28,54H,10-24H2,1-3H3,(H,48,55)(H,49,56). The van der Waals surface area contributed by atoms with E-state index in [0.717, 1.165) is 107 Å². The second kappa shape index (κ2) is 17.1. The first-order valence-corrected chi connectivity index (χ1v) is 21.3. The maximum atomic E-state index is 13.8. The molecule has 0 atom stereocenters. The molecule has 2 aliphatic heterocycles. The van der Waals surface area contributed by atoms with Gasteiger partial charge in [-0.3, -0.25) is 24.2 Å². The molecule has 8 rings (SSSR count). The van der Waals surface area contributed by atoms with Crippen LogP contribution in [-0.2, 0) is 49.6 Å². The van der Waals surface area contributed by atoms with Crippen molar-refractivity contribution in [3.05, 3.63) is 80.9 Å². The van der Waals surface area contributed by atoms with Crippen LogP contribution in [0, 0.1) is 11.8 Å². The van der Waals surface area contributed by atoms with Gasteiger partial charge in [-0.1, -0.05) is 47.5 Å². The minimum atomic E-state index is -0.367. The minimum Gasteiger partial charge on any atom is -0.469 e. The molecule has 2 aromatic heterocycles. The number of anilines is 2. The van der Waals surface area contributed by atoms with E-state index in [-0.39, 0.29) is 29.8 Å². The first kappa shape index (κ1) is 40.5. The molecule has 2 fully saturated rings. The third kappa shape index (κ3) is 8.16. The van der Waals surface area contributed by atoms with E-state index in [2.05, 4.69) is 20.4 Å². The average Bonchev–Trinajstić information content (AvgIpc) is 3.74. The molecule has 0 unspecified atom stereocenters. The van der Waals surface area contributed by atoms with E-state index in [0.29, 0.717) is 69.2 Å². The van der Waals surface area contributed by atoms with Gasteiger partial charge in [0.15, 0.2) is 11.6 Å². The number of fused-ring (bicyclic) bond motifs is 2. The summed E-state index contributed by atoms with van der Waals surface area (Å²) in [5.74, 6) is 0.335. The van der Waals surface area contributed by atoms with Gasteiger partial charge >= 0.3 is 5.97 Å². The topological polar surface area (TPSA) is 147 Å². The van der Waals surface area contributed by atoms with E-state index < -0.39 is 0 Å². The van der Waals surface area contributed by atoms with E-state index >= 15 is 0 Å². The first-order chi connectivity index (χ1) is 28.0. The van der Waals surface area contributed by atoms with Crippen LogP contribution in [0.25, 0.3) is 11.1 Å². The second-order valence-electron chi connectivity index (χ2n) is 16.4. The lowest BCUT2D eigenvalue weighted by Crippen LogP contribution is -2.42. The molecule has 4 heterocycles. The second-order valence-corrected chi connectivity index (χ2v) is 17.2. The molecule has 0 bridgehead atoms. The molecule has 0 saturated heterocycles. The van der Waals surface area contributed by atoms with Gasteiger partial charge in [-0.2, -0.15) is 0 Å². The Hall–Kier alpha value is -4.27. The molecule has 2 aliphatic carbocycles. The fourth-order valence-corrected chi connectivity index (χ4v) is 10.1. The van der Waals surface area contributed by atoms with E-state index in [1.54, 1.807) is 24.3 Å². The van der Waals surface area contributed by atoms with Crippen molar-refractivity contribution in [3.63, 3.8) is 0 Å². The molecular weight excluding hydrogens is 779 g/mol. The number of benzene rings is 2. The highest BCUT2D eigenvalue weighted by atomic mass is 35.5. The molecular formula is C43H52Cl2N8O5. The predicted molar refractivity (Wildman–Crippen MR) is 223 cm³/mol. The van der Waals surface area contributed by atoms with E-state index in [4.69, 9.17) is 37.9 Å². The van der Waals surface area contributed by atoms with E-state index in [9.17, 15) is 19.5 Å². The Morgan fingerprint density at radius 1 is 0.759 bits per heavy atom. The van der Waals surface area contributed by atoms with Crippen LogP contribution in [-0.4, -0.2) is 90.7 Å². The molecule has 2 amide bonds. The average molecular weight is 832 g/mol. The summed E-state index contributed by atoms with van der Waals surface area (Å²) in [6.07, 6.45) is 8.72. The van der Waals surface area contributed by atoms with Crippen LogP contribution in [0.2, 0.25) is 10.0 Å². The molecule has 4 aliphatic rings. The number of imidazole rings is 2. The largest absolute Gasteiger partial charge is 0.469 e. The quantitative estimate of drug-likeness (QED) is 0.158. The van der Waals surface area contributed by atoms with Crippen molar-refractivity contribution in [1.82, 2.24) is 28.9 Å². The number of methoxy groups -OCH3 is 1. The number of esters is 1. The summed E-state index contributed by atoms with van der Waals surface area (Å²) in [5.41, 5.74) is 5.95. The Labute approximate surface area is 349 Å². The number of aliphatic hydroxyl groups excluding tert-OH is 1. The zero-order valence-electron chi connectivity index (χ0n) is 33.4. The number of rotatable bonds is 9. The molecule has 15 heteroatoms. The van der Waals surface area contributed by atoms with Gasteiger partial charge in [0.1, 0.15) is 0 Å². The number of nitrogens with one attached hydrogen (secondary N) is 2. The fourth-order valence-electron chi connectivity index (χ4n) is 9.57. The number of carbonyl (C=O) groups is 3. The number of nitrogens with zero attached hydrogens (tertiary/aromatic N) is 6. The van der Waals surface area contributed by atoms with Crippen LogP contribution >= 0.6 is 23.2 Å². The number of aliphatic hydroxyl groups is 1. The highest BCUT2D eigenvalue weighted by Gasteiger charge is 2.33. The van der Waals surface area contributed by atoms with Crippen molar-refractivity contribution >= 4 is 52.4 Å². The summed E-state index contributed by atoms with van der Waals surface area (Å²) in [5, 5.41) is 16.5. The Bertz CT molecular complexity index is 2200. The number of ether oxygens (including phenoxy) is 1. The van der Waals surface area contributed by atoms with Crippen LogP contribution in [0.1, 0.15) is 95.4 Å². The molecule has 3 N–H and O–H groups in total. The number of carbonyl (C=O) groups excluding carboxylic acids is 3. The SMILES string of the molecule is COC(=O)C1CCC(CN2CCc3c(nc(C(=O)Nc4cccc(-c5cccc(NC(=O)c6nc7c(n6C)CCN(C6CCC(O)CC6)C7)c5Cl)c4Cl)n3C)C2)CC1. The lowest BCUT2D eigenvalue weighted by molar-refractivity contribution is -0.146. The van der Waals surface area contributed by atoms with Crippen molar-refractivity contribution in [2.75, 3.05) is 37.4 Å². The van der Waals surface area contributed by atoms with Crippen LogP contribution in [0.15, 0.2) is 36.4 Å². The maximum absolute atomic E-state index is 13.8. The molecule has 4 aromatic rings. The lowest BCUT2D eigenvalue weighted by atomic mass is 9.81. The van der Waals surface area contributed by atoms with Crippen LogP contribution in [0.4, 0.5) is 11.4 Å². The molecule has 308 valence electrons. The van der Waals surface area contributed by atoms with E-state index in [1.165, 1.54) is 7.11 Å². The van der Waals surface area contributed by atoms with Crippen LogP contribution in [0.5, 0.6) is 0 Å². The van der Waals surface area contributed by atoms with Gasteiger partial charge in [0.05, 0.1) is 51.9 Å². The van der Waals surface area contributed by atoms with Crippen molar-refractivity contribution in [2.24, 2.45) is 25.9 Å². The van der Waals surface area contributed by atoms with Crippen LogP contribution < -0.4 is 10.6 Å². The van der Waals surface area contributed by atoms with Gasteiger partial charge in [0.25, 0.3) is 11.8 Å². The number of amides is 2. The zero-order valence-corrected chi connectivity index (χ0v) is 34.9. The van der Waals surface area contributed by atoms with Crippen molar-refractivity contribution in [3.8, 4) is 11.1 Å². The third-order valence-corrected chi connectivity index (χ3v) is 13.7. The highest BCUT2D eigenvalue weighted by Crippen LogP contribution is 2.41. The van der Waals surface area contributed by atoms with Gasteiger partial charge in [-0.05, 0) is 69.4 Å². The van der Waals surface area contributed by atoms with Gasteiger partial charge in [-0.15, -0.1) is 0 Å². The smallest absolute Gasteiger partial charge is 0.308 e. The molecule has 2 aromatic carbocycles. The number of aromatic nitrogens is 4. The molecule has 58 heavy (non-hydrogen) atoms. The monoisotopic (exact) mass is 830 g/mol. The summed E-state index contributed by atoms with van der Waals surface area (Å²) in [6.45, 7) is 4.08. The third-order valence-electron chi connectivity index (χ3n) is 12.9. The number of hydrogen-bond acceptors (Lipinski definition) is 9. The predicted octanol–water partition coefficient (Wildman–Crippen LogP) is 6.63. The van der Waals surface area contributed by atoms with Gasteiger partial charge in [0.2, 0.25) is 0 Å². The molecule has 0 radical (unpaired) electrons. The highest BCUT2D eigenvalue weighted by molar-refractivity contribution is 6.40. The summed E-state index contributed by atoms with van der Waals surface area (Å²) in [7, 11) is 5.21. The maximum Gasteiger partial charge on any atom is 0.308 e. The molecule has 2 saturated carbocycles. The molecule has 13 nitrogen and oxygen atoms in total. The summed E-state index contributed by atoms with van der Waals surface area (Å²) in [6, 6.07) is 11.2. The van der Waals surface area contributed by atoms with Crippen molar-refractivity contribution < 1.29 is 24.2 Å². The van der Waals surface area contributed by atoms with Crippen molar-refractivity contribution in [2.45, 2.75) is 89.4 Å². The van der Waals surface area contributed by atoms with Crippen LogP contribution in [0.3, 0.4) is 0 Å². The molecule has 0 spiro atoms. The summed E-state index contributed by atoms with van der Waals surface area (Å²) < 4.78 is 8.71. The Kier molecular flexibility index (Phi) is 12.0. The van der Waals surface area contributed by atoms with Gasteiger partial charge in [0, 0.05) is 88.2 Å². The fraction of sp³-hybridized carbons (Fsp3) is 0.512. The normalized spacial score (nSPS) is 22.5. The number of hydrogen-bond donors (Lipinski definition) is 3. The lowest BCUT2D eigenvalue weighted by Gasteiger charge is -2.37. The zero-order chi connectivity index (χ0) is 40.7. The first-order valence-electron chi connectivity index (χ1n) is 20.5. The minimum absolute atomic E-state index is 0.00965. The van der Waals surface area contributed by atoms with E-state index in [1.807, 2.05) is 35.4 Å². The summed E-state index contributed by atoms with van der Waals surface area (Å²) >= 11 is 14.0. The van der Waals surface area contributed by atoms with Gasteiger partial charge in [-0.25, -0.2) is 9.97 Å². The Balaban J connectivity index is 0.925.